The van der Waals surface area contributed by atoms with Crippen molar-refractivity contribution in [2.45, 2.75) is 19.1 Å². The van der Waals surface area contributed by atoms with E-state index in [1.807, 2.05) is 5.38 Å². The number of hydrogen-bond donors (Lipinski definition) is 0. The molecule has 18 heavy (non-hydrogen) atoms. The lowest BCUT2D eigenvalue weighted by atomic mass is 10.2. The maximum atomic E-state index is 5.91. The summed E-state index contributed by atoms with van der Waals surface area (Å²) in [4.78, 5) is 12.0. The van der Waals surface area contributed by atoms with Crippen LogP contribution in [0.25, 0.3) is 10.2 Å². The van der Waals surface area contributed by atoms with E-state index in [9.17, 15) is 0 Å². The third-order valence-electron chi connectivity index (χ3n) is 3.04. The minimum absolute atomic E-state index is 0.0686. The second-order valence-electron chi connectivity index (χ2n) is 4.46. The Kier molecular flexibility index (Phi) is 3.37. The largest absolute Gasteiger partial charge is 0.370 e. The number of ether oxygens (including phenoxy) is 1. The van der Waals surface area contributed by atoms with Crippen LogP contribution in [0.1, 0.15) is 6.92 Å². The van der Waals surface area contributed by atoms with Crippen molar-refractivity contribution in [1.29, 1.82) is 0 Å². The number of thiophene rings is 1. The molecule has 1 fully saturated rings. The van der Waals surface area contributed by atoms with Gasteiger partial charge in [0.2, 0.25) is 0 Å². The highest BCUT2D eigenvalue weighted by molar-refractivity contribution is 7.16. The Labute approximate surface area is 115 Å². The van der Waals surface area contributed by atoms with Crippen molar-refractivity contribution < 1.29 is 4.74 Å². The van der Waals surface area contributed by atoms with Crippen molar-refractivity contribution in [1.82, 2.24) is 9.97 Å². The third-order valence-corrected chi connectivity index (χ3v) is 4.20. The molecule has 0 N–H and O–H groups in total. The molecule has 0 spiro atoms. The molecule has 2 aromatic heterocycles. The summed E-state index contributed by atoms with van der Waals surface area (Å²) in [5.41, 5.74) is 0. The number of aromatic nitrogens is 2. The van der Waals surface area contributed by atoms with Crippen LogP contribution in [0.3, 0.4) is 0 Å². The summed E-state index contributed by atoms with van der Waals surface area (Å²) < 4.78 is 5.77. The van der Waals surface area contributed by atoms with Gasteiger partial charge in [-0.25, -0.2) is 9.97 Å². The normalized spacial score (nSPS) is 24.7. The number of nitrogens with zero attached hydrogens (tertiary/aromatic N) is 3. The molecule has 2 aromatic rings. The molecule has 3 heterocycles. The van der Waals surface area contributed by atoms with Crippen molar-refractivity contribution in [3.8, 4) is 0 Å². The number of alkyl halides is 1. The number of hydrogen-bond acceptors (Lipinski definition) is 5. The van der Waals surface area contributed by atoms with Gasteiger partial charge in [0.1, 0.15) is 17.0 Å². The van der Waals surface area contributed by atoms with E-state index in [0.29, 0.717) is 5.88 Å². The van der Waals surface area contributed by atoms with Crippen LogP contribution in [-0.4, -0.2) is 41.1 Å². The zero-order valence-electron chi connectivity index (χ0n) is 10.0. The average molecular weight is 284 g/mol. The van der Waals surface area contributed by atoms with Crippen LogP contribution >= 0.6 is 22.9 Å². The van der Waals surface area contributed by atoms with Gasteiger partial charge in [-0.2, -0.15) is 0 Å². The first-order valence-electron chi connectivity index (χ1n) is 5.92. The number of rotatable bonds is 2. The van der Waals surface area contributed by atoms with Crippen molar-refractivity contribution in [2.75, 3.05) is 23.9 Å². The SMILES string of the molecule is CC1CN(c2ncnc3sccc23)CC(CCl)O1. The Morgan fingerprint density at radius 1 is 1.50 bits per heavy atom. The molecule has 0 amide bonds. The second kappa shape index (κ2) is 4.99. The Hall–Kier alpha value is -0.910. The smallest absolute Gasteiger partial charge is 0.140 e. The fourth-order valence-corrected chi connectivity index (χ4v) is 3.23. The zero-order chi connectivity index (χ0) is 12.5. The van der Waals surface area contributed by atoms with Gasteiger partial charge in [0, 0.05) is 13.1 Å². The summed E-state index contributed by atoms with van der Waals surface area (Å²) >= 11 is 7.55. The molecule has 0 radical (unpaired) electrons. The van der Waals surface area contributed by atoms with E-state index >= 15 is 0 Å². The number of anilines is 1. The van der Waals surface area contributed by atoms with Crippen molar-refractivity contribution in [2.24, 2.45) is 0 Å². The number of morpholine rings is 1. The summed E-state index contributed by atoms with van der Waals surface area (Å²) in [6.45, 7) is 3.70. The fourth-order valence-electron chi connectivity index (χ4n) is 2.33. The molecule has 2 unspecified atom stereocenters. The second-order valence-corrected chi connectivity index (χ2v) is 5.67. The first-order valence-corrected chi connectivity index (χ1v) is 7.34. The quantitative estimate of drug-likeness (QED) is 0.794. The standard InChI is InChI=1S/C12H14ClN3OS/c1-8-5-16(6-9(4-13)17-8)11-10-2-3-18-12(10)15-7-14-11/h2-3,7-9H,4-6H2,1H3. The molecule has 1 aliphatic rings. The van der Waals surface area contributed by atoms with Gasteiger partial charge < -0.3 is 9.64 Å². The zero-order valence-corrected chi connectivity index (χ0v) is 11.6. The van der Waals surface area contributed by atoms with Gasteiger partial charge in [0.25, 0.3) is 0 Å². The molecule has 6 heteroatoms. The highest BCUT2D eigenvalue weighted by atomic mass is 35.5. The topological polar surface area (TPSA) is 38.2 Å². The van der Waals surface area contributed by atoms with Gasteiger partial charge in [-0.1, -0.05) is 0 Å². The molecular formula is C12H14ClN3OS. The molecule has 4 nitrogen and oxygen atoms in total. The van der Waals surface area contributed by atoms with E-state index < -0.39 is 0 Å². The van der Waals surface area contributed by atoms with E-state index in [1.165, 1.54) is 0 Å². The lowest BCUT2D eigenvalue weighted by Crippen LogP contribution is -2.47. The van der Waals surface area contributed by atoms with Gasteiger partial charge in [-0.3, -0.25) is 0 Å². The minimum atomic E-state index is 0.0686. The van der Waals surface area contributed by atoms with Crippen LogP contribution < -0.4 is 4.90 Å². The summed E-state index contributed by atoms with van der Waals surface area (Å²) in [5.74, 6) is 1.50. The van der Waals surface area contributed by atoms with Gasteiger partial charge in [-0.05, 0) is 18.4 Å². The van der Waals surface area contributed by atoms with Crippen LogP contribution in [0, 0.1) is 0 Å². The Morgan fingerprint density at radius 2 is 2.39 bits per heavy atom. The van der Waals surface area contributed by atoms with Crippen molar-refractivity contribution in [3.63, 3.8) is 0 Å². The maximum Gasteiger partial charge on any atom is 0.140 e. The van der Waals surface area contributed by atoms with Gasteiger partial charge in [0.15, 0.2) is 0 Å². The highest BCUT2D eigenvalue weighted by Gasteiger charge is 2.26. The lowest BCUT2D eigenvalue weighted by molar-refractivity contribution is -0.00348. The number of halogens is 1. The third kappa shape index (κ3) is 2.18. The molecule has 3 rings (SSSR count). The van der Waals surface area contributed by atoms with Crippen LogP contribution in [0.5, 0.6) is 0 Å². The molecular weight excluding hydrogens is 270 g/mol. The van der Waals surface area contributed by atoms with E-state index in [0.717, 1.165) is 29.1 Å². The Bertz CT molecular complexity index is 547. The summed E-state index contributed by atoms with van der Waals surface area (Å²) in [6, 6.07) is 2.07. The highest BCUT2D eigenvalue weighted by Crippen LogP contribution is 2.28. The van der Waals surface area contributed by atoms with Crippen LogP contribution in [0.2, 0.25) is 0 Å². The first-order chi connectivity index (χ1) is 8.78. The monoisotopic (exact) mass is 283 g/mol. The van der Waals surface area contributed by atoms with E-state index in [1.54, 1.807) is 17.7 Å². The predicted octanol–water partition coefficient (Wildman–Crippen LogP) is 2.52. The molecule has 1 aliphatic heterocycles. The Morgan fingerprint density at radius 3 is 3.22 bits per heavy atom. The molecule has 0 saturated carbocycles. The summed E-state index contributed by atoms with van der Waals surface area (Å²) in [6.07, 6.45) is 1.87. The fraction of sp³-hybridized carbons (Fsp3) is 0.500. The molecule has 0 aliphatic carbocycles. The van der Waals surface area contributed by atoms with Gasteiger partial charge in [0.05, 0.1) is 23.5 Å². The minimum Gasteiger partial charge on any atom is -0.370 e. The lowest BCUT2D eigenvalue weighted by Gasteiger charge is -2.36. The van der Waals surface area contributed by atoms with E-state index in [2.05, 4.69) is 27.9 Å². The summed E-state index contributed by atoms with van der Waals surface area (Å²) in [7, 11) is 0. The Balaban J connectivity index is 1.96. The van der Waals surface area contributed by atoms with Crippen LogP contribution in [0.4, 0.5) is 5.82 Å². The average Bonchev–Trinajstić information content (AvgIpc) is 2.85. The molecule has 0 aromatic carbocycles. The molecule has 96 valence electrons. The van der Waals surface area contributed by atoms with E-state index in [-0.39, 0.29) is 12.2 Å². The first kappa shape index (κ1) is 12.1. The van der Waals surface area contributed by atoms with Gasteiger partial charge >= 0.3 is 0 Å². The maximum absolute atomic E-state index is 5.91. The van der Waals surface area contributed by atoms with Crippen molar-refractivity contribution >= 4 is 39.0 Å². The van der Waals surface area contributed by atoms with Gasteiger partial charge in [-0.15, -0.1) is 22.9 Å². The molecule has 1 saturated heterocycles. The molecule has 0 bridgehead atoms. The number of fused-ring (bicyclic) bond motifs is 1. The van der Waals surface area contributed by atoms with E-state index in [4.69, 9.17) is 16.3 Å². The van der Waals surface area contributed by atoms with Crippen molar-refractivity contribution in [3.05, 3.63) is 17.8 Å². The predicted molar refractivity (Wildman–Crippen MR) is 74.7 cm³/mol. The van der Waals surface area contributed by atoms with Crippen LogP contribution in [-0.2, 0) is 4.74 Å². The summed E-state index contributed by atoms with van der Waals surface area (Å²) in [5, 5.41) is 3.16. The van der Waals surface area contributed by atoms with Crippen LogP contribution in [0.15, 0.2) is 17.8 Å². The molecule has 2 atom stereocenters.